The Balaban J connectivity index is 0.000000490. The van der Waals surface area contributed by atoms with E-state index in [4.69, 9.17) is 17.4 Å². The van der Waals surface area contributed by atoms with E-state index >= 15 is 0 Å². The van der Waals surface area contributed by atoms with Gasteiger partial charge in [-0.2, -0.15) is 0 Å². The third kappa shape index (κ3) is 3.15. The molecular weight excluding hydrogens is 305 g/mol. The van der Waals surface area contributed by atoms with Crippen molar-refractivity contribution in [3.8, 4) is 0 Å². The normalized spacial score (nSPS) is 28.9. The van der Waals surface area contributed by atoms with E-state index in [1.165, 1.54) is 12.8 Å². The molecule has 1 fully saturated rings. The second-order valence-corrected chi connectivity index (χ2v) is 2.32. The molecule has 0 aromatic rings. The molecule has 8 heavy (non-hydrogen) atoms. The van der Waals surface area contributed by atoms with Crippen LogP contribution in [0.3, 0.4) is 0 Å². The Morgan fingerprint density at radius 2 is 2.12 bits per heavy atom. The fraction of sp³-hybridized carbons (Fsp3) is 1.00. The molecule has 3 heteroatoms. The molecule has 1 atom stereocenters. The van der Waals surface area contributed by atoms with Crippen LogP contribution in [0.4, 0.5) is 0 Å². The van der Waals surface area contributed by atoms with Gasteiger partial charge in [0.1, 0.15) is 0 Å². The van der Waals surface area contributed by atoms with Gasteiger partial charge < -0.3 is 17.4 Å². The molecule has 0 saturated carbocycles. The van der Waals surface area contributed by atoms with Crippen LogP contribution in [-0.4, -0.2) is 12.0 Å². The van der Waals surface area contributed by atoms with Gasteiger partial charge in [-0.1, -0.05) is 11.9 Å². The molecular formula is C5H9AuOS. The summed E-state index contributed by atoms with van der Waals surface area (Å²) in [6.07, 6.45) is 3.54. The smallest absolute Gasteiger partial charge is 0.761 e. The molecule has 1 rings (SSSR count). The van der Waals surface area contributed by atoms with E-state index in [1.54, 1.807) is 0 Å². The van der Waals surface area contributed by atoms with Crippen LogP contribution in [-0.2, 0) is 39.7 Å². The fourth-order valence-electron chi connectivity index (χ4n) is 0.711. The molecule has 1 saturated heterocycles. The predicted molar refractivity (Wildman–Crippen MR) is 31.0 cm³/mol. The average Bonchev–Trinajstić information content (AvgIpc) is 1.69. The third-order valence-corrected chi connectivity index (χ3v) is 1.51. The van der Waals surface area contributed by atoms with Gasteiger partial charge >= 0.3 is 22.4 Å². The zero-order valence-electron chi connectivity index (χ0n) is 4.52. The Bertz CT molecular complexity index is 54.4. The van der Waals surface area contributed by atoms with E-state index in [0.717, 1.165) is 13.0 Å². The van der Waals surface area contributed by atoms with Crippen molar-refractivity contribution in [2.75, 3.05) is 6.61 Å². The quantitative estimate of drug-likeness (QED) is 0.488. The van der Waals surface area contributed by atoms with Gasteiger partial charge in [0.2, 0.25) is 0 Å². The van der Waals surface area contributed by atoms with Crippen molar-refractivity contribution < 1.29 is 27.1 Å². The molecule has 0 aliphatic carbocycles. The van der Waals surface area contributed by atoms with E-state index in [1.807, 2.05) is 0 Å². The zero-order chi connectivity index (χ0) is 5.11. The van der Waals surface area contributed by atoms with Crippen molar-refractivity contribution in [3.05, 3.63) is 0 Å². The third-order valence-electron chi connectivity index (χ3n) is 1.14. The topological polar surface area (TPSA) is 9.23 Å². The van der Waals surface area contributed by atoms with Crippen molar-refractivity contribution in [3.63, 3.8) is 0 Å². The van der Waals surface area contributed by atoms with Crippen LogP contribution in [0.5, 0.6) is 0 Å². The average molecular weight is 314 g/mol. The monoisotopic (exact) mass is 314 g/mol. The summed E-state index contributed by atoms with van der Waals surface area (Å²) in [7, 11) is 0. The molecule has 0 aromatic carbocycles. The Labute approximate surface area is 71.1 Å². The maximum atomic E-state index is 5.09. The summed E-state index contributed by atoms with van der Waals surface area (Å²) < 4.78 is 5.09. The minimum Gasteiger partial charge on any atom is -0.761 e. The number of hydrogen-bond acceptors (Lipinski definition) is 2. The molecule has 1 nitrogen and oxygen atoms in total. The van der Waals surface area contributed by atoms with Crippen LogP contribution in [0.1, 0.15) is 19.3 Å². The van der Waals surface area contributed by atoms with Crippen molar-refractivity contribution in [2.45, 2.75) is 24.7 Å². The van der Waals surface area contributed by atoms with Crippen LogP contribution in [0.2, 0.25) is 0 Å². The molecule has 0 radical (unpaired) electrons. The van der Waals surface area contributed by atoms with Crippen LogP contribution < -0.4 is 0 Å². The molecule has 1 aliphatic heterocycles. The van der Waals surface area contributed by atoms with Crippen LogP contribution in [0, 0.1) is 0 Å². The van der Waals surface area contributed by atoms with Gasteiger partial charge in [-0.25, -0.2) is 0 Å². The van der Waals surface area contributed by atoms with E-state index in [9.17, 15) is 0 Å². The Hall–Kier alpha value is 1.05. The van der Waals surface area contributed by atoms with Gasteiger partial charge in [0.25, 0.3) is 0 Å². The molecule has 1 unspecified atom stereocenters. The van der Waals surface area contributed by atoms with Crippen molar-refractivity contribution in [1.29, 1.82) is 0 Å². The fourth-order valence-corrected chi connectivity index (χ4v) is 0.974. The summed E-state index contributed by atoms with van der Waals surface area (Å²) >= 11 is 4.87. The minimum atomic E-state index is 0. The minimum absolute atomic E-state index is 0. The molecule has 0 N–H and O–H groups in total. The number of hydrogen-bond donors (Lipinski definition) is 0. The summed E-state index contributed by atoms with van der Waals surface area (Å²) in [6.45, 7) is 0.883. The van der Waals surface area contributed by atoms with Crippen LogP contribution >= 0.6 is 0 Å². The standard InChI is InChI=1S/C5H10OS.Au/c7-5-3-1-2-4-6-5;/h5,7H,1-4H2;/q;+1/p-1. The SMILES string of the molecule is [Au+].[S-]C1CCCCO1. The molecule has 52 valence electrons. The molecule has 1 aliphatic rings. The molecule has 0 aromatic heterocycles. The van der Waals surface area contributed by atoms with E-state index in [2.05, 4.69) is 0 Å². The van der Waals surface area contributed by atoms with Crippen LogP contribution in [0.15, 0.2) is 0 Å². The predicted octanol–water partition coefficient (Wildman–Crippen LogP) is 1.06. The largest absolute Gasteiger partial charge is 1.00 e. The summed E-state index contributed by atoms with van der Waals surface area (Å²) in [5.74, 6) is 0. The first kappa shape index (κ1) is 9.05. The van der Waals surface area contributed by atoms with Gasteiger partial charge in [0.05, 0.1) is 0 Å². The molecule has 0 amide bonds. The van der Waals surface area contributed by atoms with Gasteiger partial charge in [0, 0.05) is 6.61 Å². The van der Waals surface area contributed by atoms with Crippen molar-refractivity contribution in [2.24, 2.45) is 0 Å². The maximum Gasteiger partial charge on any atom is 1.00 e. The summed E-state index contributed by atoms with van der Waals surface area (Å²) in [5, 5.41) is 0. The zero-order valence-corrected chi connectivity index (χ0v) is 7.51. The van der Waals surface area contributed by atoms with Gasteiger partial charge in [-0.05, 0) is 12.8 Å². The Kier molecular flexibility index (Phi) is 5.53. The maximum absolute atomic E-state index is 5.09. The number of ether oxygens (including phenoxy) is 1. The Morgan fingerprint density at radius 1 is 1.38 bits per heavy atom. The first-order chi connectivity index (χ1) is 3.39. The van der Waals surface area contributed by atoms with Crippen molar-refractivity contribution >= 4 is 12.6 Å². The first-order valence-electron chi connectivity index (χ1n) is 2.67. The summed E-state index contributed by atoms with van der Waals surface area (Å²) in [6, 6.07) is 0. The van der Waals surface area contributed by atoms with E-state index in [0.29, 0.717) is 0 Å². The summed E-state index contributed by atoms with van der Waals surface area (Å²) in [4.78, 5) is 0. The van der Waals surface area contributed by atoms with Gasteiger partial charge in [0.15, 0.2) is 0 Å². The van der Waals surface area contributed by atoms with Crippen LogP contribution in [0.25, 0.3) is 0 Å². The summed E-state index contributed by atoms with van der Waals surface area (Å²) in [5.41, 5.74) is 0.119. The van der Waals surface area contributed by atoms with E-state index < -0.39 is 0 Å². The first-order valence-corrected chi connectivity index (χ1v) is 3.14. The Morgan fingerprint density at radius 3 is 2.38 bits per heavy atom. The second-order valence-electron chi connectivity index (χ2n) is 1.80. The van der Waals surface area contributed by atoms with Crippen molar-refractivity contribution in [1.82, 2.24) is 0 Å². The van der Waals surface area contributed by atoms with E-state index in [-0.39, 0.29) is 27.8 Å². The second kappa shape index (κ2) is 4.89. The molecule has 0 spiro atoms. The molecule has 0 bridgehead atoms. The molecule has 1 heterocycles. The van der Waals surface area contributed by atoms with Gasteiger partial charge in [-0.3, -0.25) is 0 Å². The van der Waals surface area contributed by atoms with Gasteiger partial charge in [-0.15, -0.1) is 0 Å². The number of rotatable bonds is 0.